The third-order valence-corrected chi connectivity index (χ3v) is 5.97. The normalized spacial score (nSPS) is 15.1. The summed E-state index contributed by atoms with van der Waals surface area (Å²) in [6, 6.07) is 16.0. The van der Waals surface area contributed by atoms with Crippen molar-refractivity contribution in [1.82, 2.24) is 20.1 Å². The van der Waals surface area contributed by atoms with Crippen LogP contribution in [0.15, 0.2) is 48.5 Å². The van der Waals surface area contributed by atoms with Gasteiger partial charge in [0.2, 0.25) is 11.9 Å². The molecule has 2 aromatic carbocycles. The molecule has 0 aliphatic carbocycles. The third-order valence-electron chi connectivity index (χ3n) is 5.72. The molecule has 4 rings (SSSR count). The van der Waals surface area contributed by atoms with Gasteiger partial charge in [0.15, 0.2) is 0 Å². The van der Waals surface area contributed by atoms with Gasteiger partial charge < -0.3 is 15.7 Å². The first-order valence-corrected chi connectivity index (χ1v) is 10.6. The largest absolute Gasteiger partial charge is 0.508 e. The molecule has 0 amide bonds. The minimum absolute atomic E-state index is 0.344. The molecule has 30 heavy (non-hydrogen) atoms. The molecule has 0 bridgehead atoms. The van der Waals surface area contributed by atoms with Crippen LogP contribution in [-0.4, -0.2) is 50.9 Å². The van der Waals surface area contributed by atoms with Crippen LogP contribution in [0.2, 0.25) is 5.02 Å². The van der Waals surface area contributed by atoms with Gasteiger partial charge in [-0.15, -0.1) is 5.10 Å². The maximum absolute atomic E-state index is 10.3. The molecule has 0 atom stereocenters. The summed E-state index contributed by atoms with van der Waals surface area (Å²) in [6.45, 7) is 3.38. The number of aromatic hydroxyl groups is 1. The van der Waals surface area contributed by atoms with Crippen LogP contribution in [0.5, 0.6) is 5.75 Å². The Hall–Kier alpha value is -2.77. The molecule has 3 aromatic rings. The number of anilines is 2. The highest BCUT2D eigenvalue weighted by Gasteiger charge is 2.26. The van der Waals surface area contributed by atoms with Crippen molar-refractivity contribution in [3.63, 3.8) is 0 Å². The Labute approximate surface area is 181 Å². The average Bonchev–Trinajstić information content (AvgIpc) is 3.20. The number of benzene rings is 2. The quantitative estimate of drug-likeness (QED) is 0.535. The standard InChI is InChI=1S/C22H27ClN6O/c23-18-7-5-16(6-8-18)9-12-29(15-17-3-1-2-4-20(17)30)19-10-13-28(14-11-19)22-25-21(24)26-27-22/h1-8,19,30H,9-15H2,(H3,24,25,26,27). The van der Waals surface area contributed by atoms with Crippen LogP contribution in [-0.2, 0) is 13.0 Å². The van der Waals surface area contributed by atoms with Crippen LogP contribution in [0.1, 0.15) is 24.0 Å². The number of rotatable bonds is 7. The van der Waals surface area contributed by atoms with E-state index < -0.39 is 0 Å². The number of nitrogens with one attached hydrogen (secondary N) is 1. The predicted molar refractivity (Wildman–Crippen MR) is 120 cm³/mol. The number of H-pyrrole nitrogens is 1. The van der Waals surface area contributed by atoms with E-state index in [4.69, 9.17) is 17.3 Å². The Kier molecular flexibility index (Phi) is 6.40. The number of nitrogen functional groups attached to an aromatic ring is 1. The van der Waals surface area contributed by atoms with Crippen molar-refractivity contribution in [3.05, 3.63) is 64.7 Å². The fourth-order valence-corrected chi connectivity index (χ4v) is 4.14. The fraction of sp³-hybridized carbons (Fsp3) is 0.364. The van der Waals surface area contributed by atoms with Crippen LogP contribution in [0.25, 0.3) is 0 Å². The van der Waals surface area contributed by atoms with E-state index in [9.17, 15) is 5.11 Å². The van der Waals surface area contributed by atoms with Crippen LogP contribution in [0.3, 0.4) is 0 Å². The SMILES string of the molecule is Nc1nc(N2CCC(N(CCc3ccc(Cl)cc3)Cc3ccccc3O)CC2)n[nH]1. The summed E-state index contributed by atoms with van der Waals surface area (Å²) in [5, 5.41) is 17.9. The first kappa shape index (κ1) is 20.5. The summed E-state index contributed by atoms with van der Waals surface area (Å²) >= 11 is 6.02. The molecule has 0 radical (unpaired) electrons. The van der Waals surface area contributed by atoms with Gasteiger partial charge >= 0.3 is 0 Å². The molecule has 8 heteroatoms. The smallest absolute Gasteiger partial charge is 0.246 e. The molecule has 7 nitrogen and oxygen atoms in total. The molecule has 1 saturated heterocycles. The Morgan fingerprint density at radius 3 is 2.53 bits per heavy atom. The Morgan fingerprint density at radius 2 is 1.87 bits per heavy atom. The monoisotopic (exact) mass is 426 g/mol. The summed E-state index contributed by atoms with van der Waals surface area (Å²) in [5.74, 6) is 1.36. The molecule has 158 valence electrons. The molecule has 1 aliphatic heterocycles. The van der Waals surface area contributed by atoms with Crippen LogP contribution < -0.4 is 10.6 Å². The topological polar surface area (TPSA) is 94.3 Å². The molecule has 1 aliphatic rings. The Bertz CT molecular complexity index is 952. The van der Waals surface area contributed by atoms with Crippen LogP contribution in [0.4, 0.5) is 11.9 Å². The van der Waals surface area contributed by atoms with Gasteiger partial charge in [0.1, 0.15) is 5.75 Å². The molecular formula is C22H27ClN6O. The lowest BCUT2D eigenvalue weighted by atomic mass is 10.0. The Balaban J connectivity index is 1.44. The first-order chi connectivity index (χ1) is 14.6. The number of nitrogens with zero attached hydrogens (tertiary/aromatic N) is 4. The van der Waals surface area contributed by atoms with Gasteiger partial charge in [-0.05, 0) is 43.0 Å². The maximum Gasteiger partial charge on any atom is 0.246 e. The number of nitrogens with two attached hydrogens (primary N) is 1. The van der Waals surface area contributed by atoms with Gasteiger partial charge in [0.05, 0.1) is 0 Å². The minimum Gasteiger partial charge on any atom is -0.508 e. The molecule has 1 aromatic heterocycles. The first-order valence-electron chi connectivity index (χ1n) is 10.3. The summed E-state index contributed by atoms with van der Waals surface area (Å²) < 4.78 is 0. The van der Waals surface area contributed by atoms with Crippen molar-refractivity contribution in [2.75, 3.05) is 30.3 Å². The van der Waals surface area contributed by atoms with E-state index in [1.54, 1.807) is 6.07 Å². The summed E-state index contributed by atoms with van der Waals surface area (Å²) in [6.07, 6.45) is 2.94. The molecule has 2 heterocycles. The lowest BCUT2D eigenvalue weighted by Crippen LogP contribution is -2.45. The van der Waals surface area contributed by atoms with Gasteiger partial charge in [-0.25, -0.2) is 5.10 Å². The van der Waals surface area contributed by atoms with Crippen molar-refractivity contribution >= 4 is 23.5 Å². The van der Waals surface area contributed by atoms with Crippen molar-refractivity contribution in [2.24, 2.45) is 0 Å². The van der Waals surface area contributed by atoms with Gasteiger partial charge in [0, 0.05) is 42.8 Å². The lowest BCUT2D eigenvalue weighted by molar-refractivity contribution is 0.160. The number of aromatic amines is 1. The van der Waals surface area contributed by atoms with Crippen molar-refractivity contribution < 1.29 is 5.11 Å². The number of para-hydroxylation sites is 1. The van der Waals surface area contributed by atoms with Crippen LogP contribution >= 0.6 is 11.6 Å². The number of piperidine rings is 1. The number of halogens is 1. The van der Waals surface area contributed by atoms with Crippen molar-refractivity contribution in [1.29, 1.82) is 0 Å². The summed E-state index contributed by atoms with van der Waals surface area (Å²) in [4.78, 5) is 8.89. The van der Waals surface area contributed by atoms with Crippen molar-refractivity contribution in [3.8, 4) is 5.75 Å². The zero-order valence-corrected chi connectivity index (χ0v) is 17.6. The molecule has 0 unspecified atom stereocenters. The third kappa shape index (κ3) is 5.04. The lowest BCUT2D eigenvalue weighted by Gasteiger charge is -2.38. The minimum atomic E-state index is 0.344. The maximum atomic E-state index is 10.3. The molecule has 1 fully saturated rings. The van der Waals surface area contributed by atoms with E-state index in [1.807, 2.05) is 30.3 Å². The molecule has 4 N–H and O–H groups in total. The zero-order valence-electron chi connectivity index (χ0n) is 16.8. The summed E-state index contributed by atoms with van der Waals surface area (Å²) in [5.41, 5.74) is 7.88. The van der Waals surface area contributed by atoms with E-state index >= 15 is 0 Å². The zero-order chi connectivity index (χ0) is 20.9. The highest BCUT2D eigenvalue weighted by atomic mass is 35.5. The number of hydrogen-bond acceptors (Lipinski definition) is 6. The predicted octanol–water partition coefficient (Wildman–Crippen LogP) is 3.46. The second-order valence-electron chi connectivity index (χ2n) is 7.71. The van der Waals surface area contributed by atoms with E-state index in [1.165, 1.54) is 5.56 Å². The van der Waals surface area contributed by atoms with E-state index in [-0.39, 0.29) is 0 Å². The van der Waals surface area contributed by atoms with E-state index in [0.29, 0.717) is 23.7 Å². The summed E-state index contributed by atoms with van der Waals surface area (Å²) in [7, 11) is 0. The number of phenolic OH excluding ortho intramolecular Hbond substituents is 1. The van der Waals surface area contributed by atoms with Gasteiger partial charge in [-0.3, -0.25) is 4.90 Å². The second-order valence-corrected chi connectivity index (χ2v) is 8.15. The fourth-order valence-electron chi connectivity index (χ4n) is 4.02. The highest BCUT2D eigenvalue weighted by molar-refractivity contribution is 6.30. The highest BCUT2D eigenvalue weighted by Crippen LogP contribution is 2.25. The van der Waals surface area contributed by atoms with E-state index in [0.717, 1.165) is 56.0 Å². The molecular weight excluding hydrogens is 400 g/mol. The van der Waals surface area contributed by atoms with Gasteiger partial charge in [-0.1, -0.05) is 41.9 Å². The number of aromatic nitrogens is 3. The molecule has 0 saturated carbocycles. The Morgan fingerprint density at radius 1 is 1.13 bits per heavy atom. The number of hydrogen-bond donors (Lipinski definition) is 3. The van der Waals surface area contributed by atoms with Gasteiger partial charge in [-0.2, -0.15) is 4.98 Å². The number of phenols is 1. The average molecular weight is 427 g/mol. The van der Waals surface area contributed by atoms with Crippen LogP contribution in [0, 0.1) is 0 Å². The van der Waals surface area contributed by atoms with E-state index in [2.05, 4.69) is 37.1 Å². The van der Waals surface area contributed by atoms with Crippen molar-refractivity contribution in [2.45, 2.75) is 31.8 Å². The molecule has 0 spiro atoms. The van der Waals surface area contributed by atoms with Gasteiger partial charge in [0.25, 0.3) is 0 Å². The second kappa shape index (κ2) is 9.36.